The van der Waals surface area contributed by atoms with Gasteiger partial charge in [-0.3, -0.25) is 0 Å². The van der Waals surface area contributed by atoms with Gasteiger partial charge < -0.3 is 15.2 Å². The summed E-state index contributed by atoms with van der Waals surface area (Å²) in [5.74, 6) is 1.68. The van der Waals surface area contributed by atoms with Crippen LogP contribution < -0.4 is 15.2 Å². The quantitative estimate of drug-likeness (QED) is 0.793. The van der Waals surface area contributed by atoms with Crippen LogP contribution in [0.25, 0.3) is 0 Å². The van der Waals surface area contributed by atoms with E-state index in [1.165, 1.54) is 5.56 Å². The number of hydrogen-bond acceptors (Lipinski definition) is 3. The van der Waals surface area contributed by atoms with Crippen molar-refractivity contribution in [3.63, 3.8) is 0 Å². The van der Waals surface area contributed by atoms with E-state index in [1.54, 1.807) is 7.11 Å². The minimum Gasteiger partial charge on any atom is -0.493 e. The number of rotatable bonds is 7. The molecule has 96 valence electrons. The number of aryl methyl sites for hydroxylation is 1. The topological polar surface area (TPSA) is 44.5 Å². The SMILES string of the molecule is CCCOc1c(CCC(C)N)cccc1OC. The van der Waals surface area contributed by atoms with Gasteiger partial charge in [-0.2, -0.15) is 0 Å². The molecule has 0 aliphatic carbocycles. The summed E-state index contributed by atoms with van der Waals surface area (Å²) in [6, 6.07) is 6.21. The summed E-state index contributed by atoms with van der Waals surface area (Å²) >= 11 is 0. The zero-order valence-electron chi connectivity index (χ0n) is 11.0. The van der Waals surface area contributed by atoms with E-state index in [-0.39, 0.29) is 6.04 Å². The summed E-state index contributed by atoms with van der Waals surface area (Å²) in [5, 5.41) is 0. The van der Waals surface area contributed by atoms with Crippen molar-refractivity contribution in [1.82, 2.24) is 0 Å². The summed E-state index contributed by atoms with van der Waals surface area (Å²) in [6.45, 7) is 4.83. The fourth-order valence-electron chi connectivity index (χ4n) is 1.67. The Morgan fingerprint density at radius 3 is 2.71 bits per heavy atom. The van der Waals surface area contributed by atoms with Crippen molar-refractivity contribution in [2.24, 2.45) is 5.73 Å². The highest BCUT2D eigenvalue weighted by atomic mass is 16.5. The fraction of sp³-hybridized carbons (Fsp3) is 0.571. The highest BCUT2D eigenvalue weighted by Gasteiger charge is 2.10. The van der Waals surface area contributed by atoms with Crippen molar-refractivity contribution in [2.45, 2.75) is 39.2 Å². The standard InChI is InChI=1S/C14H23NO2/c1-4-10-17-14-12(9-8-11(2)15)6-5-7-13(14)16-3/h5-7,11H,4,8-10,15H2,1-3H3. The molecule has 3 nitrogen and oxygen atoms in total. The number of benzene rings is 1. The monoisotopic (exact) mass is 237 g/mol. The van der Waals surface area contributed by atoms with Crippen LogP contribution in [0.5, 0.6) is 11.5 Å². The van der Waals surface area contributed by atoms with E-state index in [2.05, 4.69) is 13.0 Å². The molecule has 0 spiro atoms. The maximum absolute atomic E-state index is 5.79. The molecule has 0 radical (unpaired) electrons. The Kier molecular flexibility index (Phi) is 5.84. The van der Waals surface area contributed by atoms with E-state index in [0.717, 1.165) is 30.8 Å². The van der Waals surface area contributed by atoms with Crippen molar-refractivity contribution in [3.8, 4) is 11.5 Å². The third-order valence-electron chi connectivity index (χ3n) is 2.60. The number of para-hydroxylation sites is 1. The molecule has 1 atom stereocenters. The second-order valence-corrected chi connectivity index (χ2v) is 4.31. The molecule has 17 heavy (non-hydrogen) atoms. The van der Waals surface area contributed by atoms with Crippen molar-refractivity contribution >= 4 is 0 Å². The lowest BCUT2D eigenvalue weighted by Crippen LogP contribution is -2.15. The predicted octanol–water partition coefficient (Wildman–Crippen LogP) is 2.76. The Labute approximate surface area is 104 Å². The molecule has 0 saturated carbocycles. The van der Waals surface area contributed by atoms with Crippen LogP contribution in [0.4, 0.5) is 0 Å². The summed E-state index contributed by atoms with van der Waals surface area (Å²) in [5.41, 5.74) is 6.96. The molecule has 0 aliphatic heterocycles. The Balaban J connectivity index is 2.85. The van der Waals surface area contributed by atoms with E-state index in [4.69, 9.17) is 15.2 Å². The van der Waals surface area contributed by atoms with Gasteiger partial charge in [0.15, 0.2) is 11.5 Å². The molecule has 0 bridgehead atoms. The first kappa shape index (κ1) is 13.8. The molecule has 3 heteroatoms. The third kappa shape index (κ3) is 4.27. The maximum atomic E-state index is 5.79. The van der Waals surface area contributed by atoms with Crippen LogP contribution in [0, 0.1) is 0 Å². The lowest BCUT2D eigenvalue weighted by atomic mass is 10.1. The lowest BCUT2D eigenvalue weighted by molar-refractivity contribution is 0.291. The molecular weight excluding hydrogens is 214 g/mol. The summed E-state index contributed by atoms with van der Waals surface area (Å²) in [7, 11) is 1.67. The predicted molar refractivity (Wildman–Crippen MR) is 70.8 cm³/mol. The normalized spacial score (nSPS) is 12.2. The smallest absolute Gasteiger partial charge is 0.164 e. The van der Waals surface area contributed by atoms with Crippen LogP contribution in [-0.2, 0) is 6.42 Å². The fourth-order valence-corrected chi connectivity index (χ4v) is 1.67. The van der Waals surface area contributed by atoms with Gasteiger partial charge in [0, 0.05) is 6.04 Å². The third-order valence-corrected chi connectivity index (χ3v) is 2.60. The van der Waals surface area contributed by atoms with E-state index >= 15 is 0 Å². The van der Waals surface area contributed by atoms with Crippen LogP contribution in [0.1, 0.15) is 32.3 Å². The van der Waals surface area contributed by atoms with Crippen molar-refractivity contribution in [3.05, 3.63) is 23.8 Å². The molecular formula is C14H23NO2. The largest absolute Gasteiger partial charge is 0.493 e. The number of methoxy groups -OCH3 is 1. The van der Waals surface area contributed by atoms with E-state index in [0.29, 0.717) is 6.61 Å². The van der Waals surface area contributed by atoms with Gasteiger partial charge in [-0.15, -0.1) is 0 Å². The van der Waals surface area contributed by atoms with Crippen LogP contribution >= 0.6 is 0 Å². The first-order valence-corrected chi connectivity index (χ1v) is 6.23. The Hall–Kier alpha value is -1.22. The Morgan fingerprint density at radius 2 is 2.12 bits per heavy atom. The van der Waals surface area contributed by atoms with Crippen LogP contribution in [0.3, 0.4) is 0 Å². The molecule has 2 N–H and O–H groups in total. The first-order chi connectivity index (χ1) is 8.19. The zero-order chi connectivity index (χ0) is 12.7. The molecule has 1 aromatic carbocycles. The molecule has 1 rings (SSSR count). The van der Waals surface area contributed by atoms with Crippen LogP contribution in [0.2, 0.25) is 0 Å². The minimum atomic E-state index is 0.209. The molecule has 0 fully saturated rings. The van der Waals surface area contributed by atoms with Gasteiger partial charge in [0.1, 0.15) is 0 Å². The molecule has 0 aliphatic rings. The maximum Gasteiger partial charge on any atom is 0.164 e. The van der Waals surface area contributed by atoms with Gasteiger partial charge in [0.05, 0.1) is 13.7 Å². The lowest BCUT2D eigenvalue weighted by Gasteiger charge is -2.15. The van der Waals surface area contributed by atoms with Gasteiger partial charge in [-0.05, 0) is 37.8 Å². The highest BCUT2D eigenvalue weighted by Crippen LogP contribution is 2.32. The molecule has 0 amide bonds. The Bertz CT molecular complexity index is 337. The summed E-state index contributed by atoms with van der Waals surface area (Å²) in [6.07, 6.45) is 2.87. The van der Waals surface area contributed by atoms with Crippen molar-refractivity contribution in [2.75, 3.05) is 13.7 Å². The van der Waals surface area contributed by atoms with Crippen LogP contribution in [-0.4, -0.2) is 19.8 Å². The average Bonchev–Trinajstić information content (AvgIpc) is 2.33. The molecule has 0 aromatic heterocycles. The van der Waals surface area contributed by atoms with Gasteiger partial charge in [0.2, 0.25) is 0 Å². The minimum absolute atomic E-state index is 0.209. The summed E-state index contributed by atoms with van der Waals surface area (Å²) in [4.78, 5) is 0. The number of hydrogen-bond donors (Lipinski definition) is 1. The van der Waals surface area contributed by atoms with E-state index < -0.39 is 0 Å². The van der Waals surface area contributed by atoms with Gasteiger partial charge >= 0.3 is 0 Å². The Morgan fingerprint density at radius 1 is 1.35 bits per heavy atom. The van der Waals surface area contributed by atoms with Crippen molar-refractivity contribution in [1.29, 1.82) is 0 Å². The van der Waals surface area contributed by atoms with Crippen molar-refractivity contribution < 1.29 is 9.47 Å². The zero-order valence-corrected chi connectivity index (χ0v) is 11.0. The van der Waals surface area contributed by atoms with Gasteiger partial charge in [0.25, 0.3) is 0 Å². The van der Waals surface area contributed by atoms with Gasteiger partial charge in [-0.1, -0.05) is 19.1 Å². The summed E-state index contributed by atoms with van der Waals surface area (Å²) < 4.78 is 11.1. The van der Waals surface area contributed by atoms with E-state index in [9.17, 15) is 0 Å². The van der Waals surface area contributed by atoms with Crippen LogP contribution in [0.15, 0.2) is 18.2 Å². The van der Waals surface area contributed by atoms with Gasteiger partial charge in [-0.25, -0.2) is 0 Å². The van der Waals surface area contributed by atoms with E-state index in [1.807, 2.05) is 19.1 Å². The molecule has 0 heterocycles. The highest BCUT2D eigenvalue weighted by molar-refractivity contribution is 5.46. The second kappa shape index (κ2) is 7.17. The molecule has 1 unspecified atom stereocenters. The molecule has 1 aromatic rings. The second-order valence-electron chi connectivity index (χ2n) is 4.31. The molecule has 0 saturated heterocycles. The first-order valence-electron chi connectivity index (χ1n) is 6.23. The number of nitrogens with two attached hydrogens (primary N) is 1. The average molecular weight is 237 g/mol. The number of ether oxygens (including phenoxy) is 2.